The Labute approximate surface area is 220 Å². The lowest BCUT2D eigenvalue weighted by Gasteiger charge is -2.19. The van der Waals surface area contributed by atoms with Gasteiger partial charge in [-0.3, -0.25) is 14.7 Å². The number of carbonyl (C=O) groups is 1. The summed E-state index contributed by atoms with van der Waals surface area (Å²) >= 11 is 0. The largest absolute Gasteiger partial charge is 0.416 e. The van der Waals surface area contributed by atoms with Gasteiger partial charge in [0.2, 0.25) is 0 Å². The molecule has 1 aromatic heterocycles. The van der Waals surface area contributed by atoms with E-state index in [4.69, 9.17) is 0 Å². The molecule has 192 valence electrons. The topological polar surface area (TPSA) is 33.2 Å². The number of ketones is 1. The van der Waals surface area contributed by atoms with Gasteiger partial charge in [-0.15, -0.1) is 0 Å². The van der Waals surface area contributed by atoms with Gasteiger partial charge >= 0.3 is 6.18 Å². The number of aromatic nitrogens is 1. The van der Waals surface area contributed by atoms with Crippen LogP contribution in [0.15, 0.2) is 73.1 Å². The molecule has 0 N–H and O–H groups in total. The summed E-state index contributed by atoms with van der Waals surface area (Å²) in [6.07, 6.45) is 0.929. The summed E-state index contributed by atoms with van der Waals surface area (Å²) in [5.41, 5.74) is 2.76. The number of likely N-dealkylation sites (tertiary alicyclic amines) is 1. The zero-order valence-electron chi connectivity index (χ0n) is 21.1. The monoisotopic (exact) mass is 512 g/mol. The van der Waals surface area contributed by atoms with Gasteiger partial charge in [0.1, 0.15) is 0 Å². The molecule has 1 aliphatic rings. The lowest BCUT2D eigenvalue weighted by atomic mass is 9.96. The molecule has 0 radical (unpaired) electrons. The lowest BCUT2D eigenvalue weighted by molar-refractivity contribution is -0.138. The van der Waals surface area contributed by atoms with Crippen molar-refractivity contribution in [3.63, 3.8) is 0 Å². The van der Waals surface area contributed by atoms with E-state index in [1.807, 2.05) is 42.2 Å². The van der Waals surface area contributed by atoms with Crippen molar-refractivity contribution in [2.45, 2.75) is 38.9 Å². The highest BCUT2D eigenvalue weighted by Crippen LogP contribution is 2.34. The van der Waals surface area contributed by atoms with Crippen LogP contribution in [0.4, 0.5) is 13.2 Å². The van der Waals surface area contributed by atoms with E-state index in [2.05, 4.69) is 16.8 Å². The van der Waals surface area contributed by atoms with Gasteiger partial charge < -0.3 is 0 Å². The Morgan fingerprint density at radius 3 is 2.50 bits per heavy atom. The average Bonchev–Trinajstić information content (AvgIpc) is 3.41. The van der Waals surface area contributed by atoms with E-state index in [1.165, 1.54) is 6.07 Å². The smallest absolute Gasteiger partial charge is 0.299 e. The molecule has 0 unspecified atom stereocenters. The summed E-state index contributed by atoms with van der Waals surface area (Å²) in [4.78, 5) is 19.4. The molecule has 6 heteroatoms. The SMILES string of the molecule is Cc1ccc(C(=O)Cc2ccc(CN3CCCC3)c(C(F)(F)F)c2)cc1C#Cc1cncc2ccccc12. The Kier molecular flexibility index (Phi) is 7.31. The number of aryl methyl sites for hydroxylation is 1. The van der Waals surface area contributed by atoms with Gasteiger partial charge in [0.25, 0.3) is 0 Å². The van der Waals surface area contributed by atoms with Gasteiger partial charge in [0.15, 0.2) is 5.78 Å². The molecule has 3 nitrogen and oxygen atoms in total. The molecule has 5 rings (SSSR count). The van der Waals surface area contributed by atoms with E-state index in [9.17, 15) is 18.0 Å². The quantitative estimate of drug-likeness (QED) is 0.214. The first-order valence-electron chi connectivity index (χ1n) is 12.7. The Morgan fingerprint density at radius 2 is 1.71 bits per heavy atom. The highest BCUT2D eigenvalue weighted by Gasteiger charge is 2.34. The van der Waals surface area contributed by atoms with E-state index < -0.39 is 11.7 Å². The predicted octanol–water partition coefficient (Wildman–Crippen LogP) is 6.98. The number of Topliss-reactive ketones (excluding diaryl/α,β-unsaturated/α-hetero) is 1. The molecule has 0 saturated carbocycles. The summed E-state index contributed by atoms with van der Waals surface area (Å²) in [5, 5.41) is 1.98. The molecule has 4 aromatic rings. The third-order valence-corrected chi connectivity index (χ3v) is 7.00. The van der Waals surface area contributed by atoms with Gasteiger partial charge in [-0.25, -0.2) is 0 Å². The highest BCUT2D eigenvalue weighted by molar-refractivity contribution is 5.98. The molecule has 38 heavy (non-hydrogen) atoms. The molecule has 0 amide bonds. The van der Waals surface area contributed by atoms with Crippen LogP contribution in [0.2, 0.25) is 0 Å². The fraction of sp³-hybridized carbons (Fsp3) is 0.250. The van der Waals surface area contributed by atoms with Crippen molar-refractivity contribution < 1.29 is 18.0 Å². The predicted molar refractivity (Wildman–Crippen MR) is 143 cm³/mol. The molecule has 2 heterocycles. The molecule has 1 fully saturated rings. The minimum Gasteiger partial charge on any atom is -0.299 e. The fourth-order valence-electron chi connectivity index (χ4n) is 4.89. The molecule has 0 aliphatic carbocycles. The standard InChI is InChI=1S/C32H27F3N2O/c1-22-8-10-25(18-24(22)12-13-27-20-36-19-26-6-2-3-7-29(26)27)31(38)17-23-9-11-28(21-37-14-4-5-15-37)30(16-23)32(33,34)35/h2-3,6-11,16,18-20H,4-5,14-15,17,21H2,1H3. The number of benzene rings is 3. The number of rotatable bonds is 5. The van der Waals surface area contributed by atoms with Gasteiger partial charge in [0, 0.05) is 47.3 Å². The molecule has 1 aliphatic heterocycles. The summed E-state index contributed by atoms with van der Waals surface area (Å²) < 4.78 is 41.6. The van der Waals surface area contributed by atoms with E-state index in [-0.39, 0.29) is 24.3 Å². The van der Waals surface area contributed by atoms with Crippen molar-refractivity contribution in [2.75, 3.05) is 13.1 Å². The van der Waals surface area contributed by atoms with Crippen molar-refractivity contribution in [3.8, 4) is 11.8 Å². The van der Waals surface area contributed by atoms with Crippen molar-refractivity contribution in [1.82, 2.24) is 9.88 Å². The summed E-state index contributed by atoms with van der Waals surface area (Å²) in [5.74, 6) is 6.07. The van der Waals surface area contributed by atoms with Crippen molar-refractivity contribution in [1.29, 1.82) is 0 Å². The van der Waals surface area contributed by atoms with Crippen LogP contribution in [-0.4, -0.2) is 28.8 Å². The van der Waals surface area contributed by atoms with Crippen LogP contribution < -0.4 is 0 Å². The second-order valence-electron chi connectivity index (χ2n) is 9.76. The third kappa shape index (κ3) is 5.79. The van der Waals surface area contributed by atoms with Crippen LogP contribution in [0.5, 0.6) is 0 Å². The number of carbonyl (C=O) groups excluding carboxylic acids is 1. The molecular formula is C32H27F3N2O. The highest BCUT2D eigenvalue weighted by atomic mass is 19.4. The van der Waals surface area contributed by atoms with Crippen LogP contribution in [-0.2, 0) is 19.1 Å². The Morgan fingerprint density at radius 1 is 0.947 bits per heavy atom. The molecule has 0 bridgehead atoms. The lowest BCUT2D eigenvalue weighted by Crippen LogP contribution is -2.21. The molecule has 0 atom stereocenters. The van der Waals surface area contributed by atoms with Gasteiger partial charge in [-0.05, 0) is 61.7 Å². The number of nitrogens with zero attached hydrogens (tertiary/aromatic N) is 2. The second-order valence-corrected chi connectivity index (χ2v) is 9.76. The number of alkyl halides is 3. The molecule has 3 aromatic carbocycles. The van der Waals surface area contributed by atoms with Crippen LogP contribution in [0.3, 0.4) is 0 Å². The van der Waals surface area contributed by atoms with E-state index in [0.29, 0.717) is 16.7 Å². The maximum Gasteiger partial charge on any atom is 0.416 e. The Bertz CT molecular complexity index is 1550. The average molecular weight is 513 g/mol. The molecule has 1 saturated heterocycles. The summed E-state index contributed by atoms with van der Waals surface area (Å²) in [6.45, 7) is 3.81. The minimum atomic E-state index is -4.47. The Hall–Kier alpha value is -3.95. The van der Waals surface area contributed by atoms with Crippen LogP contribution in [0.1, 0.15) is 56.6 Å². The first kappa shape index (κ1) is 25.7. The summed E-state index contributed by atoms with van der Waals surface area (Å²) in [7, 11) is 0. The Balaban J connectivity index is 1.38. The van der Waals surface area contributed by atoms with Crippen LogP contribution in [0, 0.1) is 18.8 Å². The first-order chi connectivity index (χ1) is 18.3. The van der Waals surface area contributed by atoms with Gasteiger partial charge in [-0.2, -0.15) is 13.2 Å². The minimum absolute atomic E-state index is 0.115. The number of hydrogen-bond acceptors (Lipinski definition) is 3. The van der Waals surface area contributed by atoms with Crippen molar-refractivity contribution in [2.24, 2.45) is 0 Å². The van der Waals surface area contributed by atoms with Crippen LogP contribution >= 0.6 is 0 Å². The number of hydrogen-bond donors (Lipinski definition) is 0. The zero-order valence-corrected chi connectivity index (χ0v) is 21.1. The second kappa shape index (κ2) is 10.8. The van der Waals surface area contributed by atoms with Gasteiger partial charge in [0.05, 0.1) is 11.1 Å². The molecule has 0 spiro atoms. The van der Waals surface area contributed by atoms with E-state index >= 15 is 0 Å². The van der Waals surface area contributed by atoms with Gasteiger partial charge in [-0.1, -0.05) is 60.4 Å². The zero-order chi connectivity index (χ0) is 26.7. The van der Waals surface area contributed by atoms with Crippen molar-refractivity contribution >= 4 is 16.6 Å². The van der Waals surface area contributed by atoms with Crippen molar-refractivity contribution in [3.05, 3.63) is 112 Å². The number of halogens is 3. The normalized spacial score (nSPS) is 13.9. The number of fused-ring (bicyclic) bond motifs is 1. The maximum atomic E-state index is 13.9. The van der Waals surface area contributed by atoms with Crippen LogP contribution in [0.25, 0.3) is 10.8 Å². The summed E-state index contributed by atoms with van der Waals surface area (Å²) in [6, 6.07) is 17.4. The molecular weight excluding hydrogens is 485 g/mol. The fourth-order valence-corrected chi connectivity index (χ4v) is 4.89. The third-order valence-electron chi connectivity index (χ3n) is 7.00. The maximum absolute atomic E-state index is 13.9. The van der Waals surface area contributed by atoms with E-state index in [0.717, 1.165) is 53.9 Å². The number of pyridine rings is 1. The van der Waals surface area contributed by atoms with E-state index in [1.54, 1.807) is 30.6 Å². The first-order valence-corrected chi connectivity index (χ1v) is 12.7.